The smallest absolute Gasteiger partial charge is 0.224 e. The van der Waals surface area contributed by atoms with Gasteiger partial charge >= 0.3 is 0 Å². The van der Waals surface area contributed by atoms with E-state index in [-0.39, 0.29) is 24.1 Å². The van der Waals surface area contributed by atoms with Gasteiger partial charge < -0.3 is 5.32 Å². The SMILES string of the molecule is Cc1ccc(CCCNC(=O)[C@@H]2CCCN(S(=O)(=O)Cc3ccc(Cl)cc3)C2)cc1. The monoisotopic (exact) mass is 448 g/mol. The summed E-state index contributed by atoms with van der Waals surface area (Å²) in [5, 5.41) is 3.56. The van der Waals surface area contributed by atoms with Gasteiger partial charge in [-0.2, -0.15) is 0 Å². The van der Waals surface area contributed by atoms with Crippen molar-refractivity contribution < 1.29 is 13.2 Å². The Morgan fingerprint density at radius 1 is 1.10 bits per heavy atom. The highest BCUT2D eigenvalue weighted by atomic mass is 35.5. The molecule has 1 aliphatic rings. The molecule has 1 saturated heterocycles. The van der Waals surface area contributed by atoms with Crippen LogP contribution in [0.2, 0.25) is 5.02 Å². The minimum absolute atomic E-state index is 0.0506. The Balaban J connectivity index is 1.47. The molecule has 1 amide bonds. The number of nitrogens with one attached hydrogen (secondary N) is 1. The van der Waals surface area contributed by atoms with Crippen molar-refractivity contribution in [1.82, 2.24) is 9.62 Å². The van der Waals surface area contributed by atoms with E-state index in [2.05, 4.69) is 36.5 Å². The van der Waals surface area contributed by atoms with Crippen LogP contribution in [0.1, 0.15) is 36.0 Å². The van der Waals surface area contributed by atoms with Gasteiger partial charge in [-0.05, 0) is 55.9 Å². The van der Waals surface area contributed by atoms with E-state index in [1.165, 1.54) is 15.4 Å². The molecule has 0 saturated carbocycles. The molecule has 0 radical (unpaired) electrons. The predicted molar refractivity (Wildman–Crippen MR) is 121 cm³/mol. The maximum atomic E-state index is 12.8. The van der Waals surface area contributed by atoms with Gasteiger partial charge in [0, 0.05) is 24.7 Å². The zero-order valence-electron chi connectivity index (χ0n) is 17.3. The Morgan fingerprint density at radius 2 is 1.77 bits per heavy atom. The highest BCUT2D eigenvalue weighted by Crippen LogP contribution is 2.22. The maximum Gasteiger partial charge on any atom is 0.224 e. The first-order valence-electron chi connectivity index (χ1n) is 10.4. The van der Waals surface area contributed by atoms with E-state index in [0.29, 0.717) is 30.1 Å². The van der Waals surface area contributed by atoms with Crippen LogP contribution in [0.25, 0.3) is 0 Å². The van der Waals surface area contributed by atoms with E-state index in [0.717, 1.165) is 19.3 Å². The number of aryl methyl sites for hydroxylation is 2. The number of carbonyl (C=O) groups excluding carboxylic acids is 1. The molecular formula is C23H29ClN2O3S. The van der Waals surface area contributed by atoms with Gasteiger partial charge in [-0.15, -0.1) is 0 Å². The van der Waals surface area contributed by atoms with Gasteiger partial charge in [0.25, 0.3) is 0 Å². The Morgan fingerprint density at radius 3 is 2.47 bits per heavy atom. The van der Waals surface area contributed by atoms with E-state index >= 15 is 0 Å². The van der Waals surface area contributed by atoms with Crippen LogP contribution < -0.4 is 5.32 Å². The number of benzene rings is 2. The molecule has 1 aliphatic heterocycles. The molecule has 7 heteroatoms. The zero-order chi connectivity index (χ0) is 21.6. The lowest BCUT2D eigenvalue weighted by atomic mass is 9.99. The second kappa shape index (κ2) is 10.4. The number of piperidine rings is 1. The van der Waals surface area contributed by atoms with Gasteiger partial charge in [-0.1, -0.05) is 53.6 Å². The van der Waals surface area contributed by atoms with Gasteiger partial charge in [0.2, 0.25) is 15.9 Å². The third-order valence-corrected chi connectivity index (χ3v) is 7.54. The number of nitrogens with zero attached hydrogens (tertiary/aromatic N) is 1. The van der Waals surface area contributed by atoms with E-state index < -0.39 is 10.0 Å². The van der Waals surface area contributed by atoms with Crippen molar-refractivity contribution in [2.24, 2.45) is 5.92 Å². The molecule has 2 aromatic carbocycles. The van der Waals surface area contributed by atoms with Crippen LogP contribution in [-0.4, -0.2) is 38.3 Å². The van der Waals surface area contributed by atoms with Crippen molar-refractivity contribution in [3.8, 4) is 0 Å². The first-order chi connectivity index (χ1) is 14.3. The molecule has 3 rings (SSSR count). The van der Waals surface area contributed by atoms with Crippen LogP contribution in [-0.2, 0) is 27.0 Å². The van der Waals surface area contributed by atoms with Crippen molar-refractivity contribution in [2.75, 3.05) is 19.6 Å². The molecule has 0 spiro atoms. The van der Waals surface area contributed by atoms with Gasteiger partial charge in [0.15, 0.2) is 0 Å². The van der Waals surface area contributed by atoms with Crippen LogP contribution in [0.4, 0.5) is 0 Å². The van der Waals surface area contributed by atoms with Crippen molar-refractivity contribution in [3.05, 3.63) is 70.2 Å². The summed E-state index contributed by atoms with van der Waals surface area (Å²) < 4.78 is 27.1. The fourth-order valence-corrected chi connectivity index (χ4v) is 5.43. The summed E-state index contributed by atoms with van der Waals surface area (Å²) in [6.07, 6.45) is 3.19. The summed E-state index contributed by atoms with van der Waals surface area (Å²) >= 11 is 5.87. The molecule has 0 aromatic heterocycles. The average Bonchev–Trinajstić information content (AvgIpc) is 2.74. The van der Waals surface area contributed by atoms with Gasteiger partial charge in [0.1, 0.15) is 0 Å². The van der Waals surface area contributed by atoms with E-state index in [1.54, 1.807) is 24.3 Å². The van der Waals surface area contributed by atoms with Crippen LogP contribution in [0, 0.1) is 12.8 Å². The number of hydrogen-bond acceptors (Lipinski definition) is 3. The first-order valence-corrected chi connectivity index (χ1v) is 12.4. The van der Waals surface area contributed by atoms with E-state index in [9.17, 15) is 13.2 Å². The van der Waals surface area contributed by atoms with Crippen LogP contribution in [0.15, 0.2) is 48.5 Å². The summed E-state index contributed by atoms with van der Waals surface area (Å²) in [5.74, 6) is -0.418. The minimum atomic E-state index is -3.47. The highest BCUT2D eigenvalue weighted by Gasteiger charge is 2.32. The molecule has 2 aromatic rings. The summed E-state index contributed by atoms with van der Waals surface area (Å²) in [6.45, 7) is 3.38. The summed E-state index contributed by atoms with van der Waals surface area (Å²) in [7, 11) is -3.47. The van der Waals surface area contributed by atoms with Gasteiger partial charge in [0.05, 0.1) is 11.7 Å². The molecule has 1 heterocycles. The molecule has 5 nitrogen and oxygen atoms in total. The van der Waals surface area contributed by atoms with Crippen LogP contribution in [0.3, 0.4) is 0 Å². The second-order valence-corrected chi connectivity index (χ2v) is 10.4. The molecule has 1 atom stereocenters. The lowest BCUT2D eigenvalue weighted by molar-refractivity contribution is -0.126. The first kappa shape index (κ1) is 22.8. The molecule has 1 N–H and O–H groups in total. The van der Waals surface area contributed by atoms with Gasteiger partial charge in [-0.25, -0.2) is 12.7 Å². The molecule has 1 fully saturated rings. The summed E-state index contributed by atoms with van der Waals surface area (Å²) in [6, 6.07) is 15.2. The molecular weight excluding hydrogens is 420 g/mol. The largest absolute Gasteiger partial charge is 0.356 e. The van der Waals surface area contributed by atoms with Crippen molar-refractivity contribution >= 4 is 27.5 Å². The summed E-state index contributed by atoms with van der Waals surface area (Å²) in [4.78, 5) is 12.6. The Labute approximate surface area is 184 Å². The van der Waals surface area contributed by atoms with E-state index in [4.69, 9.17) is 11.6 Å². The predicted octanol–water partition coefficient (Wildman–Crippen LogP) is 3.94. The number of rotatable bonds is 8. The molecule has 30 heavy (non-hydrogen) atoms. The fourth-order valence-electron chi connectivity index (χ4n) is 3.69. The lowest BCUT2D eigenvalue weighted by Gasteiger charge is -2.31. The van der Waals surface area contributed by atoms with Crippen molar-refractivity contribution in [3.63, 3.8) is 0 Å². The molecule has 0 aliphatic carbocycles. The van der Waals surface area contributed by atoms with Crippen LogP contribution in [0.5, 0.6) is 0 Å². The Kier molecular flexibility index (Phi) is 7.92. The molecule has 162 valence electrons. The van der Waals surface area contributed by atoms with E-state index in [1.807, 2.05) is 0 Å². The standard InChI is InChI=1S/C23H29ClN2O3S/c1-18-6-8-19(9-7-18)4-2-14-25-23(27)21-5-3-15-26(16-21)30(28,29)17-20-10-12-22(24)13-11-20/h6-13,21H,2-5,14-17H2,1H3,(H,25,27)/t21-/m1/s1. The Hall–Kier alpha value is -1.89. The summed E-state index contributed by atoms with van der Waals surface area (Å²) in [5.41, 5.74) is 3.19. The number of sulfonamides is 1. The molecule has 0 bridgehead atoms. The Bertz CT molecular complexity index is 943. The highest BCUT2D eigenvalue weighted by molar-refractivity contribution is 7.88. The number of amides is 1. The third kappa shape index (κ3) is 6.56. The normalized spacial score (nSPS) is 17.6. The quantitative estimate of drug-likeness (QED) is 0.622. The fraction of sp³-hybridized carbons (Fsp3) is 0.435. The number of halogens is 1. The van der Waals surface area contributed by atoms with Crippen molar-refractivity contribution in [2.45, 2.75) is 38.4 Å². The molecule has 0 unspecified atom stereocenters. The van der Waals surface area contributed by atoms with Gasteiger partial charge in [-0.3, -0.25) is 4.79 Å². The second-order valence-electron chi connectivity index (χ2n) is 7.96. The maximum absolute atomic E-state index is 12.8. The minimum Gasteiger partial charge on any atom is -0.356 e. The van der Waals surface area contributed by atoms with Crippen molar-refractivity contribution in [1.29, 1.82) is 0 Å². The number of carbonyl (C=O) groups is 1. The van der Waals surface area contributed by atoms with Crippen LogP contribution >= 0.6 is 11.6 Å². The third-order valence-electron chi connectivity index (χ3n) is 5.47. The zero-order valence-corrected chi connectivity index (χ0v) is 18.9. The average molecular weight is 449 g/mol. The lowest BCUT2D eigenvalue weighted by Crippen LogP contribution is -2.45. The topological polar surface area (TPSA) is 66.5 Å². The number of hydrogen-bond donors (Lipinski definition) is 1.